The van der Waals surface area contributed by atoms with Crippen molar-refractivity contribution >= 4 is 34.1 Å². The number of nitrogens with zero attached hydrogens (tertiary/aromatic N) is 2. The van der Waals surface area contributed by atoms with Gasteiger partial charge >= 0.3 is 0 Å². The van der Waals surface area contributed by atoms with E-state index < -0.39 is 0 Å². The Bertz CT molecular complexity index is 738. The van der Waals surface area contributed by atoms with Crippen LogP contribution < -0.4 is 20.1 Å². The van der Waals surface area contributed by atoms with Gasteiger partial charge in [0, 0.05) is 6.54 Å². The minimum atomic E-state index is -0.115. The number of carbonyl (C=O) groups excluding carboxylic acids is 1. The van der Waals surface area contributed by atoms with E-state index >= 15 is 0 Å². The molecule has 0 radical (unpaired) electrons. The molecule has 1 aromatic carbocycles. The van der Waals surface area contributed by atoms with Gasteiger partial charge in [0.2, 0.25) is 11.0 Å². The van der Waals surface area contributed by atoms with Crippen molar-refractivity contribution in [3.63, 3.8) is 0 Å². The van der Waals surface area contributed by atoms with Crippen molar-refractivity contribution in [3.05, 3.63) is 23.8 Å². The fourth-order valence-electron chi connectivity index (χ4n) is 2.31. The maximum Gasteiger partial charge on any atom is 0.230 e. The predicted molar refractivity (Wildman–Crippen MR) is 98.8 cm³/mol. The number of fused-ring (bicyclic) bond motifs is 1. The largest absolute Gasteiger partial charge is 0.486 e. The Labute approximate surface area is 154 Å². The summed E-state index contributed by atoms with van der Waals surface area (Å²) in [6.07, 6.45) is 0. The normalized spacial score (nSPS) is 14.0. The van der Waals surface area contributed by atoms with E-state index in [-0.39, 0.29) is 11.9 Å². The zero-order valence-electron chi connectivity index (χ0n) is 14.1. The average molecular weight is 380 g/mol. The van der Waals surface area contributed by atoms with E-state index in [4.69, 9.17) is 9.47 Å². The molecule has 0 unspecified atom stereocenters. The SMILES string of the molecule is CCNc1nnc(SCC(=O)N[C@H](C)c2ccc3c(c2)OCCO3)s1. The van der Waals surface area contributed by atoms with Gasteiger partial charge in [-0.1, -0.05) is 29.2 Å². The van der Waals surface area contributed by atoms with Crippen molar-refractivity contribution in [2.45, 2.75) is 24.2 Å². The first kappa shape index (κ1) is 17.8. The Morgan fingerprint density at radius 1 is 1.32 bits per heavy atom. The van der Waals surface area contributed by atoms with Crippen LogP contribution in [0.5, 0.6) is 11.5 Å². The second-order valence-corrected chi connectivity index (χ2v) is 7.58. The summed E-state index contributed by atoms with van der Waals surface area (Å²) in [4.78, 5) is 12.2. The van der Waals surface area contributed by atoms with E-state index in [1.54, 1.807) is 0 Å². The summed E-state index contributed by atoms with van der Waals surface area (Å²) in [5.74, 6) is 1.73. The second-order valence-electron chi connectivity index (χ2n) is 5.38. The topological polar surface area (TPSA) is 85.4 Å². The van der Waals surface area contributed by atoms with Crippen molar-refractivity contribution in [2.24, 2.45) is 0 Å². The molecule has 7 nitrogen and oxygen atoms in total. The molecular weight excluding hydrogens is 360 g/mol. The molecule has 2 heterocycles. The molecule has 134 valence electrons. The molecule has 3 rings (SSSR count). The summed E-state index contributed by atoms with van der Waals surface area (Å²) >= 11 is 2.83. The number of nitrogens with one attached hydrogen (secondary N) is 2. The van der Waals surface area contributed by atoms with E-state index in [1.165, 1.54) is 23.1 Å². The van der Waals surface area contributed by atoms with Gasteiger partial charge in [-0.2, -0.15) is 0 Å². The molecule has 0 fully saturated rings. The van der Waals surface area contributed by atoms with Crippen LogP contribution in [-0.2, 0) is 4.79 Å². The summed E-state index contributed by atoms with van der Waals surface area (Å²) in [7, 11) is 0. The summed E-state index contributed by atoms with van der Waals surface area (Å²) in [5, 5.41) is 14.9. The summed E-state index contributed by atoms with van der Waals surface area (Å²) < 4.78 is 11.9. The number of hydrogen-bond acceptors (Lipinski definition) is 8. The zero-order valence-corrected chi connectivity index (χ0v) is 15.7. The van der Waals surface area contributed by atoms with Crippen LogP contribution >= 0.6 is 23.1 Å². The Hall–Kier alpha value is -2.00. The first-order valence-electron chi connectivity index (χ1n) is 8.04. The molecule has 2 N–H and O–H groups in total. The molecule has 1 amide bonds. The Morgan fingerprint density at radius 2 is 2.12 bits per heavy atom. The summed E-state index contributed by atoms with van der Waals surface area (Å²) in [5.41, 5.74) is 0.980. The van der Waals surface area contributed by atoms with Crippen LogP contribution in [0.1, 0.15) is 25.5 Å². The Balaban J connectivity index is 1.51. The monoisotopic (exact) mass is 380 g/mol. The number of ether oxygens (including phenoxy) is 2. The lowest BCUT2D eigenvalue weighted by Crippen LogP contribution is -2.28. The quantitative estimate of drug-likeness (QED) is 0.714. The number of anilines is 1. The van der Waals surface area contributed by atoms with Gasteiger partial charge in [-0.25, -0.2) is 0 Å². The van der Waals surface area contributed by atoms with Crippen molar-refractivity contribution in [2.75, 3.05) is 30.8 Å². The standard InChI is InChI=1S/C16H20N4O3S2/c1-3-17-15-19-20-16(25-15)24-9-14(21)18-10(2)11-4-5-12-13(8-11)23-7-6-22-12/h4-5,8,10H,3,6-7,9H2,1-2H3,(H,17,19)(H,18,21)/t10-/m1/s1. The zero-order chi connectivity index (χ0) is 17.6. The first-order chi connectivity index (χ1) is 12.2. The van der Waals surface area contributed by atoms with Crippen LogP contribution in [0, 0.1) is 0 Å². The Morgan fingerprint density at radius 3 is 2.92 bits per heavy atom. The highest BCUT2D eigenvalue weighted by Crippen LogP contribution is 2.32. The lowest BCUT2D eigenvalue weighted by atomic mass is 10.1. The maximum atomic E-state index is 12.2. The number of thioether (sulfide) groups is 1. The number of hydrogen-bond donors (Lipinski definition) is 2. The van der Waals surface area contributed by atoms with E-state index in [0.717, 1.165) is 33.1 Å². The van der Waals surface area contributed by atoms with Crippen LogP contribution in [0.3, 0.4) is 0 Å². The van der Waals surface area contributed by atoms with Crippen LogP contribution in [0.15, 0.2) is 22.5 Å². The molecule has 1 aromatic heterocycles. The maximum absolute atomic E-state index is 12.2. The van der Waals surface area contributed by atoms with Crippen molar-refractivity contribution in [1.29, 1.82) is 0 Å². The molecule has 25 heavy (non-hydrogen) atoms. The van der Waals surface area contributed by atoms with E-state index in [2.05, 4.69) is 20.8 Å². The molecule has 1 aliphatic rings. The molecule has 2 aromatic rings. The van der Waals surface area contributed by atoms with Crippen LogP contribution in [-0.4, -0.2) is 41.6 Å². The van der Waals surface area contributed by atoms with E-state index in [9.17, 15) is 4.79 Å². The highest BCUT2D eigenvalue weighted by Gasteiger charge is 2.16. The molecule has 0 aliphatic carbocycles. The second kappa shape index (κ2) is 8.39. The summed E-state index contributed by atoms with van der Waals surface area (Å²) in [6.45, 7) is 5.86. The van der Waals surface area contributed by atoms with E-state index in [0.29, 0.717) is 19.0 Å². The van der Waals surface area contributed by atoms with Crippen molar-refractivity contribution in [1.82, 2.24) is 15.5 Å². The van der Waals surface area contributed by atoms with Gasteiger partial charge in [-0.05, 0) is 31.5 Å². The van der Waals surface area contributed by atoms with Gasteiger partial charge in [0.15, 0.2) is 15.8 Å². The van der Waals surface area contributed by atoms with E-state index in [1.807, 2.05) is 32.0 Å². The van der Waals surface area contributed by atoms with Gasteiger partial charge in [0.25, 0.3) is 0 Å². The van der Waals surface area contributed by atoms with Crippen LogP contribution in [0.2, 0.25) is 0 Å². The lowest BCUT2D eigenvalue weighted by molar-refractivity contribution is -0.119. The molecule has 0 bridgehead atoms. The molecule has 1 atom stereocenters. The number of aromatic nitrogens is 2. The van der Waals surface area contributed by atoms with Crippen LogP contribution in [0.4, 0.5) is 5.13 Å². The number of amides is 1. The molecule has 1 aliphatic heterocycles. The van der Waals surface area contributed by atoms with Crippen LogP contribution in [0.25, 0.3) is 0 Å². The molecule has 0 spiro atoms. The van der Waals surface area contributed by atoms with Gasteiger partial charge in [-0.15, -0.1) is 10.2 Å². The predicted octanol–water partition coefficient (Wildman–Crippen LogP) is 2.71. The minimum Gasteiger partial charge on any atom is -0.486 e. The highest BCUT2D eigenvalue weighted by atomic mass is 32.2. The van der Waals surface area contributed by atoms with Gasteiger partial charge < -0.3 is 20.1 Å². The molecule has 0 saturated carbocycles. The fourth-order valence-corrected chi connectivity index (χ4v) is 3.94. The Kier molecular flexibility index (Phi) is 5.98. The smallest absolute Gasteiger partial charge is 0.230 e. The third-order valence-electron chi connectivity index (χ3n) is 3.50. The lowest BCUT2D eigenvalue weighted by Gasteiger charge is -2.21. The number of carbonyl (C=O) groups is 1. The van der Waals surface area contributed by atoms with Crippen molar-refractivity contribution in [3.8, 4) is 11.5 Å². The highest BCUT2D eigenvalue weighted by molar-refractivity contribution is 8.01. The average Bonchev–Trinajstić information content (AvgIpc) is 3.07. The van der Waals surface area contributed by atoms with Gasteiger partial charge in [0.1, 0.15) is 13.2 Å². The third kappa shape index (κ3) is 4.76. The minimum absolute atomic E-state index is 0.0485. The molecule has 0 saturated heterocycles. The number of rotatable bonds is 7. The molecule has 9 heteroatoms. The van der Waals surface area contributed by atoms with Gasteiger partial charge in [-0.3, -0.25) is 4.79 Å². The third-order valence-corrected chi connectivity index (χ3v) is 5.52. The van der Waals surface area contributed by atoms with Crippen molar-refractivity contribution < 1.29 is 14.3 Å². The number of benzene rings is 1. The summed E-state index contributed by atoms with van der Waals surface area (Å²) in [6, 6.07) is 5.62. The molecular formula is C16H20N4O3S2. The first-order valence-corrected chi connectivity index (χ1v) is 9.85. The fraction of sp³-hybridized carbons (Fsp3) is 0.438. The van der Waals surface area contributed by atoms with Gasteiger partial charge in [0.05, 0.1) is 11.8 Å².